The summed E-state index contributed by atoms with van der Waals surface area (Å²) in [5, 5.41) is 0. The number of benzene rings is 2. The summed E-state index contributed by atoms with van der Waals surface area (Å²) in [6.45, 7) is 0. The molecule has 0 saturated heterocycles. The number of ether oxygens (including phenoxy) is 1. The molecule has 0 spiro atoms. The summed E-state index contributed by atoms with van der Waals surface area (Å²) < 4.78 is 18.2. The molecule has 2 nitrogen and oxygen atoms in total. The van der Waals surface area contributed by atoms with Crippen molar-refractivity contribution in [1.82, 2.24) is 0 Å². The molecule has 0 bridgehead atoms. The van der Waals surface area contributed by atoms with E-state index in [9.17, 15) is 4.39 Å². The minimum atomic E-state index is -0.339. The van der Waals surface area contributed by atoms with Crippen LogP contribution in [-0.4, -0.2) is 7.11 Å². The number of rotatable bonds is 3. The van der Waals surface area contributed by atoms with Crippen molar-refractivity contribution in [3.63, 3.8) is 0 Å². The summed E-state index contributed by atoms with van der Waals surface area (Å²) >= 11 is 0. The summed E-state index contributed by atoms with van der Waals surface area (Å²) in [5.41, 5.74) is 8.50. The van der Waals surface area contributed by atoms with Gasteiger partial charge in [-0.25, -0.2) is 4.39 Å². The van der Waals surface area contributed by atoms with E-state index in [0.29, 0.717) is 0 Å². The third-order valence-corrected chi connectivity index (χ3v) is 2.60. The molecule has 2 N–H and O–H groups in total. The van der Waals surface area contributed by atoms with Crippen LogP contribution < -0.4 is 10.5 Å². The second kappa shape index (κ2) is 4.87. The van der Waals surface area contributed by atoms with Crippen LogP contribution in [0.25, 0.3) is 0 Å². The van der Waals surface area contributed by atoms with Crippen molar-refractivity contribution < 1.29 is 9.13 Å². The molecule has 3 heteroatoms. The fourth-order valence-electron chi connectivity index (χ4n) is 1.69. The third kappa shape index (κ3) is 2.75. The predicted octanol–water partition coefficient (Wildman–Crippen LogP) is 3.01. The SMILES string of the molecule is COc1cc(Cc2ccc(N)cc2)ccc1F. The van der Waals surface area contributed by atoms with Crippen LogP contribution in [0.1, 0.15) is 11.1 Å². The molecule has 2 aromatic rings. The normalized spacial score (nSPS) is 10.2. The van der Waals surface area contributed by atoms with Crippen LogP contribution in [0.5, 0.6) is 5.75 Å². The topological polar surface area (TPSA) is 35.2 Å². The predicted molar refractivity (Wildman–Crippen MR) is 66.6 cm³/mol. The number of hydrogen-bond acceptors (Lipinski definition) is 2. The van der Waals surface area contributed by atoms with Gasteiger partial charge in [-0.2, -0.15) is 0 Å². The highest BCUT2D eigenvalue weighted by molar-refractivity contribution is 5.41. The van der Waals surface area contributed by atoms with Gasteiger partial charge < -0.3 is 10.5 Å². The fourth-order valence-corrected chi connectivity index (χ4v) is 1.69. The lowest BCUT2D eigenvalue weighted by atomic mass is 10.0. The summed E-state index contributed by atoms with van der Waals surface area (Å²) in [4.78, 5) is 0. The van der Waals surface area contributed by atoms with E-state index in [1.54, 1.807) is 12.1 Å². The Morgan fingerprint density at radius 2 is 1.71 bits per heavy atom. The highest BCUT2D eigenvalue weighted by Gasteiger charge is 2.04. The van der Waals surface area contributed by atoms with Gasteiger partial charge in [-0.05, 0) is 41.8 Å². The highest BCUT2D eigenvalue weighted by Crippen LogP contribution is 2.20. The van der Waals surface area contributed by atoms with Crippen molar-refractivity contribution in [2.75, 3.05) is 12.8 Å². The highest BCUT2D eigenvalue weighted by atomic mass is 19.1. The van der Waals surface area contributed by atoms with Crippen LogP contribution >= 0.6 is 0 Å². The smallest absolute Gasteiger partial charge is 0.165 e. The van der Waals surface area contributed by atoms with Crippen LogP contribution in [-0.2, 0) is 6.42 Å². The van der Waals surface area contributed by atoms with Crippen LogP contribution in [0, 0.1) is 5.82 Å². The van der Waals surface area contributed by atoms with Crippen molar-refractivity contribution >= 4 is 5.69 Å². The Bertz CT molecular complexity index is 508. The first-order valence-electron chi connectivity index (χ1n) is 5.36. The summed E-state index contributed by atoms with van der Waals surface area (Å²) in [6, 6.07) is 12.5. The molecule has 0 amide bonds. The average molecular weight is 231 g/mol. The molecule has 0 unspecified atom stereocenters. The molecule has 2 rings (SSSR count). The molecule has 2 aromatic carbocycles. The summed E-state index contributed by atoms with van der Waals surface area (Å²) in [7, 11) is 1.46. The van der Waals surface area contributed by atoms with Crippen LogP contribution in [0.4, 0.5) is 10.1 Å². The van der Waals surface area contributed by atoms with Gasteiger partial charge in [0.1, 0.15) is 0 Å². The lowest BCUT2D eigenvalue weighted by Gasteiger charge is -2.06. The Kier molecular flexibility index (Phi) is 3.28. The Morgan fingerprint density at radius 3 is 2.35 bits per heavy atom. The molecule has 0 saturated carbocycles. The number of anilines is 1. The van der Waals surface area contributed by atoms with E-state index < -0.39 is 0 Å². The molecule has 0 aliphatic rings. The summed E-state index contributed by atoms with van der Waals surface area (Å²) in [5.74, 6) is -0.0634. The van der Waals surface area contributed by atoms with Gasteiger partial charge in [0.15, 0.2) is 11.6 Å². The van der Waals surface area contributed by atoms with Crippen molar-refractivity contribution in [3.8, 4) is 5.75 Å². The van der Waals surface area contributed by atoms with Crippen LogP contribution in [0.2, 0.25) is 0 Å². The Hall–Kier alpha value is -2.03. The van der Waals surface area contributed by atoms with E-state index in [4.69, 9.17) is 10.5 Å². The number of halogens is 1. The quantitative estimate of drug-likeness (QED) is 0.824. The van der Waals surface area contributed by atoms with E-state index >= 15 is 0 Å². The molecule has 0 radical (unpaired) electrons. The maximum atomic E-state index is 13.2. The van der Waals surface area contributed by atoms with Gasteiger partial charge in [0, 0.05) is 5.69 Å². The number of methoxy groups -OCH3 is 1. The second-order valence-electron chi connectivity index (χ2n) is 3.89. The second-order valence-corrected chi connectivity index (χ2v) is 3.89. The lowest BCUT2D eigenvalue weighted by Crippen LogP contribution is -1.93. The Morgan fingerprint density at radius 1 is 1.06 bits per heavy atom. The first-order chi connectivity index (χ1) is 8.19. The van der Waals surface area contributed by atoms with Crippen molar-refractivity contribution in [2.45, 2.75) is 6.42 Å². The van der Waals surface area contributed by atoms with Crippen molar-refractivity contribution in [1.29, 1.82) is 0 Å². The van der Waals surface area contributed by atoms with E-state index in [-0.39, 0.29) is 11.6 Å². The molecule has 88 valence electrons. The maximum Gasteiger partial charge on any atom is 0.165 e. The zero-order valence-corrected chi connectivity index (χ0v) is 9.61. The monoisotopic (exact) mass is 231 g/mol. The standard InChI is InChI=1S/C14H14FNO/c1-17-14-9-11(4-7-13(14)15)8-10-2-5-12(16)6-3-10/h2-7,9H,8,16H2,1H3. The van der Waals surface area contributed by atoms with E-state index in [1.165, 1.54) is 13.2 Å². The zero-order chi connectivity index (χ0) is 12.3. The number of nitrogens with two attached hydrogens (primary N) is 1. The fraction of sp³-hybridized carbons (Fsp3) is 0.143. The Labute approximate surface area is 99.8 Å². The molecule has 0 aliphatic heterocycles. The van der Waals surface area contributed by atoms with Gasteiger partial charge in [0.2, 0.25) is 0 Å². The molecule has 0 aromatic heterocycles. The van der Waals surface area contributed by atoms with Gasteiger partial charge in [-0.3, -0.25) is 0 Å². The van der Waals surface area contributed by atoms with Crippen molar-refractivity contribution in [2.24, 2.45) is 0 Å². The van der Waals surface area contributed by atoms with E-state index in [1.807, 2.05) is 24.3 Å². The average Bonchev–Trinajstić information content (AvgIpc) is 2.34. The molecular weight excluding hydrogens is 217 g/mol. The van der Waals surface area contributed by atoms with Gasteiger partial charge in [0.05, 0.1) is 7.11 Å². The minimum Gasteiger partial charge on any atom is -0.494 e. The van der Waals surface area contributed by atoms with Crippen LogP contribution in [0.3, 0.4) is 0 Å². The minimum absolute atomic E-state index is 0.276. The third-order valence-electron chi connectivity index (χ3n) is 2.60. The first-order valence-corrected chi connectivity index (χ1v) is 5.36. The van der Waals surface area contributed by atoms with Crippen molar-refractivity contribution in [3.05, 3.63) is 59.4 Å². The molecule has 0 heterocycles. The van der Waals surface area contributed by atoms with E-state index in [0.717, 1.165) is 23.2 Å². The molecule has 17 heavy (non-hydrogen) atoms. The maximum absolute atomic E-state index is 13.2. The molecule has 0 aliphatic carbocycles. The summed E-state index contributed by atoms with van der Waals surface area (Å²) in [6.07, 6.45) is 0.733. The lowest BCUT2D eigenvalue weighted by molar-refractivity contribution is 0.386. The molecular formula is C14H14FNO. The largest absolute Gasteiger partial charge is 0.494 e. The van der Waals surface area contributed by atoms with Gasteiger partial charge in [-0.1, -0.05) is 18.2 Å². The number of hydrogen-bond donors (Lipinski definition) is 1. The van der Waals surface area contributed by atoms with Gasteiger partial charge in [0.25, 0.3) is 0 Å². The van der Waals surface area contributed by atoms with Gasteiger partial charge in [-0.15, -0.1) is 0 Å². The first kappa shape index (κ1) is 11.5. The van der Waals surface area contributed by atoms with E-state index in [2.05, 4.69) is 0 Å². The van der Waals surface area contributed by atoms with Gasteiger partial charge >= 0.3 is 0 Å². The molecule has 0 fully saturated rings. The Balaban J connectivity index is 2.21. The molecule has 0 atom stereocenters. The van der Waals surface area contributed by atoms with Crippen LogP contribution in [0.15, 0.2) is 42.5 Å². The zero-order valence-electron chi connectivity index (χ0n) is 9.61. The number of nitrogen functional groups attached to an aromatic ring is 1.